The van der Waals surface area contributed by atoms with Crippen LogP contribution in [0, 0.1) is 25.7 Å². The van der Waals surface area contributed by atoms with Gasteiger partial charge in [-0.05, 0) is 37.8 Å². The van der Waals surface area contributed by atoms with Crippen LogP contribution < -0.4 is 16.4 Å². The van der Waals surface area contributed by atoms with Crippen molar-refractivity contribution in [2.75, 3.05) is 5.32 Å². The molecule has 1 saturated carbocycles. The predicted molar refractivity (Wildman–Crippen MR) is 113 cm³/mol. The van der Waals surface area contributed by atoms with Gasteiger partial charge >= 0.3 is 0 Å². The van der Waals surface area contributed by atoms with E-state index in [1.54, 1.807) is 0 Å². The van der Waals surface area contributed by atoms with Gasteiger partial charge in [0, 0.05) is 29.8 Å². The molecular weight excluding hydrogens is 396 g/mol. The summed E-state index contributed by atoms with van der Waals surface area (Å²) in [5, 5.41) is 6.21. The van der Waals surface area contributed by atoms with Gasteiger partial charge in [0.25, 0.3) is 0 Å². The van der Waals surface area contributed by atoms with Crippen LogP contribution in [-0.4, -0.2) is 40.6 Å². The molecule has 1 aromatic rings. The van der Waals surface area contributed by atoms with Crippen LogP contribution in [0.25, 0.3) is 0 Å². The molecule has 0 bridgehead atoms. The van der Waals surface area contributed by atoms with Crippen molar-refractivity contribution in [3.63, 3.8) is 0 Å². The fourth-order valence-electron chi connectivity index (χ4n) is 6.23. The summed E-state index contributed by atoms with van der Waals surface area (Å²) >= 11 is 0. The number of fused-ring (bicyclic) bond motifs is 4. The third-order valence-electron chi connectivity index (χ3n) is 7.82. The molecule has 31 heavy (non-hydrogen) atoms. The highest BCUT2D eigenvalue weighted by Crippen LogP contribution is 2.54. The monoisotopic (exact) mass is 424 g/mol. The van der Waals surface area contributed by atoms with Crippen LogP contribution in [0.1, 0.15) is 55.2 Å². The fourth-order valence-corrected chi connectivity index (χ4v) is 6.23. The quantitative estimate of drug-likeness (QED) is 0.630. The molecule has 8 heteroatoms. The Morgan fingerprint density at radius 3 is 2.52 bits per heavy atom. The number of hydrogen-bond donors (Lipinski definition) is 3. The first-order valence-electron chi connectivity index (χ1n) is 11.1. The molecule has 4 atom stereocenters. The Morgan fingerprint density at radius 2 is 1.84 bits per heavy atom. The zero-order valence-electron chi connectivity index (χ0n) is 17.9. The molecule has 1 spiro atoms. The lowest BCUT2D eigenvalue weighted by molar-refractivity contribution is -0.146. The molecule has 0 radical (unpaired) electrons. The van der Waals surface area contributed by atoms with Crippen molar-refractivity contribution in [2.45, 2.75) is 70.0 Å². The minimum atomic E-state index is -1.37. The number of nitrogens with zero attached hydrogens (tertiary/aromatic N) is 1. The second-order valence-corrected chi connectivity index (χ2v) is 9.46. The number of anilines is 1. The highest BCUT2D eigenvalue weighted by molar-refractivity contribution is 6.15. The second kappa shape index (κ2) is 6.88. The van der Waals surface area contributed by atoms with Crippen LogP contribution in [0.4, 0.5) is 5.69 Å². The molecule has 3 aliphatic heterocycles. The SMILES string of the molecule is Cc1ccc2c(c1C)NC(=O)[C@]21N[C@H](CC(N)=O)[C@H]2C(=O)N(C3CCCCC3)C(=O)[C@@H]21. The number of aryl methyl sites for hydroxylation is 1. The standard InChI is InChI=1S/C23H28N4O4/c1-11-8-9-14-19(12(11)2)25-22(31)23(14)18-17(15(26-23)10-16(24)28)20(29)27(21(18)30)13-6-4-3-5-7-13/h8-9,13,15,17-18,26H,3-7,10H2,1-2H3,(H2,24,28)(H,25,31)/t15-,17-,18-,23+/m1/s1. The van der Waals surface area contributed by atoms with E-state index in [-0.39, 0.29) is 30.2 Å². The number of likely N-dealkylation sites (tertiary alicyclic amines) is 1. The zero-order chi connectivity index (χ0) is 22.1. The Morgan fingerprint density at radius 1 is 1.13 bits per heavy atom. The summed E-state index contributed by atoms with van der Waals surface area (Å²) in [7, 11) is 0. The van der Waals surface area contributed by atoms with Crippen LogP contribution in [0.2, 0.25) is 0 Å². The van der Waals surface area contributed by atoms with E-state index < -0.39 is 29.3 Å². The van der Waals surface area contributed by atoms with E-state index >= 15 is 0 Å². The third-order valence-corrected chi connectivity index (χ3v) is 7.82. The van der Waals surface area contributed by atoms with Crippen LogP contribution in [0.5, 0.6) is 0 Å². The topological polar surface area (TPSA) is 122 Å². The third kappa shape index (κ3) is 2.63. The van der Waals surface area contributed by atoms with Gasteiger partial charge in [0.1, 0.15) is 5.54 Å². The number of rotatable bonds is 3. The predicted octanol–water partition coefficient (Wildman–Crippen LogP) is 1.23. The Hall–Kier alpha value is -2.74. The van der Waals surface area contributed by atoms with E-state index in [0.717, 1.165) is 43.2 Å². The lowest BCUT2D eigenvalue weighted by Gasteiger charge is -2.33. The maximum Gasteiger partial charge on any atom is 0.250 e. The van der Waals surface area contributed by atoms with Crippen LogP contribution in [0.3, 0.4) is 0 Å². The molecule has 4 aliphatic rings. The van der Waals surface area contributed by atoms with Gasteiger partial charge in [0.05, 0.1) is 11.8 Å². The summed E-state index contributed by atoms with van der Waals surface area (Å²) in [5.74, 6) is -3.15. The Balaban J connectivity index is 1.65. The highest BCUT2D eigenvalue weighted by atomic mass is 16.2. The van der Waals surface area contributed by atoms with Crippen molar-refractivity contribution >= 4 is 29.3 Å². The van der Waals surface area contributed by atoms with Gasteiger partial charge in [0.2, 0.25) is 23.6 Å². The zero-order valence-corrected chi connectivity index (χ0v) is 17.9. The van der Waals surface area contributed by atoms with E-state index in [1.165, 1.54) is 4.90 Å². The molecule has 0 unspecified atom stereocenters. The summed E-state index contributed by atoms with van der Waals surface area (Å²) in [5.41, 5.74) is 7.44. The van der Waals surface area contributed by atoms with E-state index in [4.69, 9.17) is 5.73 Å². The maximum absolute atomic E-state index is 13.8. The van der Waals surface area contributed by atoms with Gasteiger partial charge in [-0.3, -0.25) is 29.4 Å². The first-order chi connectivity index (χ1) is 14.8. The summed E-state index contributed by atoms with van der Waals surface area (Å²) in [4.78, 5) is 54.0. The maximum atomic E-state index is 13.8. The number of carbonyl (C=O) groups is 4. The van der Waals surface area contributed by atoms with Gasteiger partial charge in [0.15, 0.2) is 0 Å². The smallest absolute Gasteiger partial charge is 0.250 e. The number of benzene rings is 1. The minimum absolute atomic E-state index is 0.103. The van der Waals surface area contributed by atoms with Crippen molar-refractivity contribution in [2.24, 2.45) is 17.6 Å². The Kier molecular flexibility index (Phi) is 4.48. The number of amides is 4. The Bertz CT molecular complexity index is 1020. The molecule has 164 valence electrons. The van der Waals surface area contributed by atoms with Crippen molar-refractivity contribution in [3.8, 4) is 0 Å². The van der Waals surface area contributed by atoms with Gasteiger partial charge in [-0.1, -0.05) is 31.4 Å². The molecule has 4 amide bonds. The largest absolute Gasteiger partial charge is 0.370 e. The molecule has 2 saturated heterocycles. The van der Waals surface area contributed by atoms with Gasteiger partial charge < -0.3 is 11.1 Å². The van der Waals surface area contributed by atoms with Crippen LogP contribution in [0.15, 0.2) is 12.1 Å². The number of hydrogen-bond acceptors (Lipinski definition) is 5. The fraction of sp³-hybridized carbons (Fsp3) is 0.565. The lowest BCUT2D eigenvalue weighted by Crippen LogP contribution is -2.54. The number of imide groups is 1. The molecule has 3 fully saturated rings. The number of nitrogens with one attached hydrogen (secondary N) is 2. The first kappa shape index (κ1) is 20.2. The molecule has 5 rings (SSSR count). The number of carbonyl (C=O) groups excluding carboxylic acids is 4. The summed E-state index contributed by atoms with van der Waals surface area (Å²) < 4.78 is 0. The van der Waals surface area contributed by atoms with Crippen molar-refractivity contribution < 1.29 is 19.2 Å². The van der Waals surface area contributed by atoms with Gasteiger partial charge in [-0.2, -0.15) is 0 Å². The van der Waals surface area contributed by atoms with Crippen molar-refractivity contribution in [1.82, 2.24) is 10.2 Å². The average Bonchev–Trinajstić information content (AvgIpc) is 3.30. The summed E-state index contributed by atoms with van der Waals surface area (Å²) in [6, 6.07) is 2.99. The number of primary amides is 1. The van der Waals surface area contributed by atoms with Crippen LogP contribution >= 0.6 is 0 Å². The molecular formula is C23H28N4O4. The lowest BCUT2D eigenvalue weighted by atomic mass is 9.76. The second-order valence-electron chi connectivity index (χ2n) is 9.46. The number of nitrogens with two attached hydrogens (primary N) is 1. The molecule has 1 aromatic carbocycles. The average molecular weight is 425 g/mol. The van der Waals surface area contributed by atoms with Gasteiger partial charge in [-0.15, -0.1) is 0 Å². The van der Waals surface area contributed by atoms with E-state index in [0.29, 0.717) is 11.3 Å². The molecule has 3 heterocycles. The highest BCUT2D eigenvalue weighted by Gasteiger charge is 2.71. The molecule has 8 nitrogen and oxygen atoms in total. The van der Waals surface area contributed by atoms with Crippen molar-refractivity contribution in [3.05, 3.63) is 28.8 Å². The summed E-state index contributed by atoms with van der Waals surface area (Å²) in [6.45, 7) is 3.89. The van der Waals surface area contributed by atoms with E-state index in [1.807, 2.05) is 26.0 Å². The van der Waals surface area contributed by atoms with E-state index in [2.05, 4.69) is 10.6 Å². The minimum Gasteiger partial charge on any atom is -0.370 e. The van der Waals surface area contributed by atoms with Crippen molar-refractivity contribution in [1.29, 1.82) is 0 Å². The normalized spacial score (nSPS) is 32.5. The van der Waals surface area contributed by atoms with Gasteiger partial charge in [-0.25, -0.2) is 0 Å². The molecule has 1 aliphatic carbocycles. The Labute approximate surface area is 180 Å². The van der Waals surface area contributed by atoms with E-state index in [9.17, 15) is 19.2 Å². The van der Waals surface area contributed by atoms with Crippen LogP contribution in [-0.2, 0) is 24.7 Å². The molecule has 0 aromatic heterocycles. The summed E-state index contributed by atoms with van der Waals surface area (Å²) in [6.07, 6.45) is 4.54. The molecule has 4 N–H and O–H groups in total. The first-order valence-corrected chi connectivity index (χ1v) is 11.1.